The van der Waals surface area contributed by atoms with Gasteiger partial charge in [-0.1, -0.05) is 12.1 Å². The zero-order valence-corrected chi connectivity index (χ0v) is 17.1. The summed E-state index contributed by atoms with van der Waals surface area (Å²) in [5.74, 6) is 1.17. The number of benzene rings is 1. The van der Waals surface area contributed by atoms with E-state index in [2.05, 4.69) is 40.3 Å². The van der Waals surface area contributed by atoms with Gasteiger partial charge in [-0.2, -0.15) is 0 Å². The summed E-state index contributed by atoms with van der Waals surface area (Å²) >= 11 is 1.86. The topological polar surface area (TPSA) is 32.8 Å². The highest BCUT2D eigenvalue weighted by Gasteiger charge is 2.46. The number of likely N-dealkylation sites (tertiary alicyclic amines) is 2. The quantitative estimate of drug-likeness (QED) is 0.774. The Hall–Kier alpha value is -1.85. The van der Waals surface area contributed by atoms with E-state index in [9.17, 15) is 4.79 Å². The largest absolute Gasteiger partial charge is 0.497 e. The van der Waals surface area contributed by atoms with Crippen molar-refractivity contribution >= 4 is 17.2 Å². The van der Waals surface area contributed by atoms with E-state index in [-0.39, 0.29) is 5.54 Å². The van der Waals surface area contributed by atoms with Gasteiger partial charge in [0.2, 0.25) is 5.91 Å². The third kappa shape index (κ3) is 3.76. The zero-order valence-electron chi connectivity index (χ0n) is 16.2. The van der Waals surface area contributed by atoms with Crippen molar-refractivity contribution in [3.63, 3.8) is 0 Å². The summed E-state index contributed by atoms with van der Waals surface area (Å²) in [6.07, 6.45) is 3.87. The number of aryl methyl sites for hydroxylation is 1. The molecule has 3 heterocycles. The molecule has 2 aliphatic heterocycles. The van der Waals surface area contributed by atoms with Crippen molar-refractivity contribution in [3.8, 4) is 5.75 Å². The Labute approximate surface area is 165 Å². The van der Waals surface area contributed by atoms with E-state index in [0.717, 1.165) is 44.6 Å². The van der Waals surface area contributed by atoms with Gasteiger partial charge in [-0.15, -0.1) is 11.3 Å². The minimum atomic E-state index is 0.0536. The minimum Gasteiger partial charge on any atom is -0.497 e. The molecule has 2 saturated heterocycles. The van der Waals surface area contributed by atoms with Gasteiger partial charge in [-0.3, -0.25) is 9.69 Å². The summed E-state index contributed by atoms with van der Waals surface area (Å²) < 4.78 is 5.25. The third-order valence-electron chi connectivity index (χ3n) is 6.30. The number of carbonyl (C=O) groups excluding carboxylic acids is 1. The first-order valence-electron chi connectivity index (χ1n) is 9.78. The van der Waals surface area contributed by atoms with Crippen LogP contribution in [0.1, 0.15) is 41.7 Å². The molecule has 2 aromatic rings. The summed E-state index contributed by atoms with van der Waals surface area (Å²) in [5, 5.41) is 2.18. The van der Waals surface area contributed by atoms with Gasteiger partial charge >= 0.3 is 0 Å². The van der Waals surface area contributed by atoms with Crippen LogP contribution in [-0.4, -0.2) is 41.4 Å². The van der Waals surface area contributed by atoms with Crippen molar-refractivity contribution in [2.45, 2.75) is 51.2 Å². The third-order valence-corrected chi connectivity index (χ3v) is 7.31. The van der Waals surface area contributed by atoms with E-state index < -0.39 is 0 Å². The summed E-state index contributed by atoms with van der Waals surface area (Å²) in [7, 11) is 1.68. The second-order valence-corrected chi connectivity index (χ2v) is 8.86. The number of ether oxygens (including phenoxy) is 1. The van der Waals surface area contributed by atoms with Crippen LogP contribution in [0, 0.1) is 6.92 Å². The molecule has 27 heavy (non-hydrogen) atoms. The Kier molecular flexibility index (Phi) is 5.24. The Balaban J connectivity index is 1.42. The molecule has 0 N–H and O–H groups in total. The number of methoxy groups -OCH3 is 1. The predicted molar refractivity (Wildman–Crippen MR) is 109 cm³/mol. The van der Waals surface area contributed by atoms with Crippen molar-refractivity contribution in [2.75, 3.05) is 20.2 Å². The molecular formula is C22H28N2O2S. The lowest BCUT2D eigenvalue weighted by Gasteiger charge is -2.45. The molecule has 5 heteroatoms. The van der Waals surface area contributed by atoms with Gasteiger partial charge in [-0.25, -0.2) is 0 Å². The molecule has 4 rings (SSSR count). The van der Waals surface area contributed by atoms with Gasteiger partial charge in [0.25, 0.3) is 0 Å². The first-order chi connectivity index (χ1) is 13.1. The number of rotatable bonds is 5. The number of carbonyl (C=O) groups is 1. The molecule has 0 radical (unpaired) electrons. The molecule has 2 fully saturated rings. The van der Waals surface area contributed by atoms with E-state index in [1.165, 1.54) is 16.0 Å². The monoisotopic (exact) mass is 384 g/mol. The second-order valence-electron chi connectivity index (χ2n) is 7.86. The maximum absolute atomic E-state index is 12.6. The van der Waals surface area contributed by atoms with Gasteiger partial charge in [0.1, 0.15) is 5.75 Å². The molecule has 0 unspecified atom stereocenters. The van der Waals surface area contributed by atoms with Crippen molar-refractivity contribution in [1.29, 1.82) is 0 Å². The number of hydrogen-bond acceptors (Lipinski definition) is 4. The predicted octanol–water partition coefficient (Wildman–Crippen LogP) is 4.22. The molecule has 0 bridgehead atoms. The molecule has 2 aliphatic rings. The van der Waals surface area contributed by atoms with Crippen molar-refractivity contribution in [1.82, 2.24) is 9.80 Å². The highest BCUT2D eigenvalue weighted by molar-refractivity contribution is 7.10. The highest BCUT2D eigenvalue weighted by Crippen LogP contribution is 2.40. The van der Waals surface area contributed by atoms with Crippen molar-refractivity contribution < 1.29 is 9.53 Å². The van der Waals surface area contributed by atoms with Crippen LogP contribution in [0.2, 0.25) is 0 Å². The average Bonchev–Trinajstić information content (AvgIpc) is 3.23. The first kappa shape index (κ1) is 18.5. The van der Waals surface area contributed by atoms with Crippen molar-refractivity contribution in [2.24, 2.45) is 0 Å². The van der Waals surface area contributed by atoms with Crippen LogP contribution in [0.3, 0.4) is 0 Å². The number of nitrogens with zero attached hydrogens (tertiary/aromatic N) is 2. The van der Waals surface area contributed by atoms with Gasteiger partial charge in [0.05, 0.1) is 7.11 Å². The smallest absolute Gasteiger partial charge is 0.223 e. The SMILES string of the molecule is COc1ccc(CN2C(=O)CCC23CCN(Cc2sccc2C)CC3)cc1. The molecule has 4 nitrogen and oxygen atoms in total. The Morgan fingerprint density at radius 2 is 1.81 bits per heavy atom. The lowest BCUT2D eigenvalue weighted by atomic mass is 9.84. The first-order valence-corrected chi connectivity index (χ1v) is 10.7. The maximum atomic E-state index is 12.6. The normalized spacial score (nSPS) is 19.8. The molecular weight excluding hydrogens is 356 g/mol. The zero-order chi connectivity index (χ0) is 18.9. The summed E-state index contributed by atoms with van der Waals surface area (Å²) in [4.78, 5) is 18.8. The van der Waals surface area contributed by atoms with E-state index in [0.29, 0.717) is 18.9 Å². The molecule has 0 saturated carbocycles. The van der Waals surface area contributed by atoms with E-state index in [1.807, 2.05) is 23.5 Å². The van der Waals surface area contributed by atoms with Crippen LogP contribution in [-0.2, 0) is 17.9 Å². The van der Waals surface area contributed by atoms with Gasteiger partial charge in [0.15, 0.2) is 0 Å². The molecule has 1 amide bonds. The van der Waals surface area contributed by atoms with E-state index >= 15 is 0 Å². The molecule has 1 aromatic carbocycles. The molecule has 0 atom stereocenters. The number of piperidine rings is 1. The Morgan fingerprint density at radius 3 is 2.44 bits per heavy atom. The lowest BCUT2D eigenvalue weighted by Crippen LogP contribution is -2.52. The van der Waals surface area contributed by atoms with Crippen LogP contribution in [0.4, 0.5) is 0 Å². The molecule has 0 aliphatic carbocycles. The van der Waals surface area contributed by atoms with E-state index in [4.69, 9.17) is 4.74 Å². The van der Waals surface area contributed by atoms with Gasteiger partial charge in [-0.05, 0) is 60.9 Å². The van der Waals surface area contributed by atoms with Crippen LogP contribution in [0.25, 0.3) is 0 Å². The maximum Gasteiger partial charge on any atom is 0.223 e. The van der Waals surface area contributed by atoms with Crippen molar-refractivity contribution in [3.05, 3.63) is 51.7 Å². The number of hydrogen-bond donors (Lipinski definition) is 0. The van der Waals surface area contributed by atoms with Gasteiger partial charge in [0, 0.05) is 43.0 Å². The van der Waals surface area contributed by atoms with Gasteiger partial charge < -0.3 is 9.64 Å². The molecule has 144 valence electrons. The Bertz CT molecular complexity index is 791. The standard InChI is InChI=1S/C22H28N2O2S/c1-17-8-14-27-20(17)16-23-12-10-22(11-13-23)9-7-21(25)24(22)15-18-3-5-19(26-2)6-4-18/h3-6,8,14H,7,9-13,15-16H2,1-2H3. The second kappa shape index (κ2) is 7.64. The van der Waals surface area contributed by atoms with Crippen LogP contribution in [0.5, 0.6) is 5.75 Å². The fourth-order valence-corrected chi connectivity index (χ4v) is 5.41. The minimum absolute atomic E-state index is 0.0536. The highest BCUT2D eigenvalue weighted by atomic mass is 32.1. The summed E-state index contributed by atoms with van der Waals surface area (Å²) in [6.45, 7) is 6.11. The molecule has 1 spiro atoms. The fourth-order valence-electron chi connectivity index (χ4n) is 4.46. The fraction of sp³-hybridized carbons (Fsp3) is 0.500. The number of thiophene rings is 1. The van der Waals surface area contributed by atoms with Crippen LogP contribution in [0.15, 0.2) is 35.7 Å². The summed E-state index contributed by atoms with van der Waals surface area (Å²) in [5.41, 5.74) is 2.64. The lowest BCUT2D eigenvalue weighted by molar-refractivity contribution is -0.133. The van der Waals surface area contributed by atoms with Crippen LogP contribution < -0.4 is 4.74 Å². The molecule has 1 aromatic heterocycles. The average molecular weight is 385 g/mol. The van der Waals surface area contributed by atoms with E-state index in [1.54, 1.807) is 7.11 Å². The van der Waals surface area contributed by atoms with Crippen LogP contribution >= 0.6 is 11.3 Å². The number of amides is 1. The summed E-state index contributed by atoms with van der Waals surface area (Å²) in [6, 6.07) is 10.3. The Morgan fingerprint density at radius 1 is 1.07 bits per heavy atom.